The molecule has 0 aliphatic carbocycles. The van der Waals surface area contributed by atoms with Gasteiger partial charge in [0, 0.05) is 17.8 Å². The van der Waals surface area contributed by atoms with Gasteiger partial charge in [-0.25, -0.2) is 9.67 Å². The summed E-state index contributed by atoms with van der Waals surface area (Å²) in [6.07, 6.45) is 5.20. The summed E-state index contributed by atoms with van der Waals surface area (Å²) >= 11 is 0. The summed E-state index contributed by atoms with van der Waals surface area (Å²) in [5.74, 6) is -0.186. The highest BCUT2D eigenvalue weighted by Crippen LogP contribution is 2.24. The predicted octanol–water partition coefficient (Wildman–Crippen LogP) is 3.07. The largest absolute Gasteiger partial charge is 0.394 e. The number of aromatic nitrogens is 5. The van der Waals surface area contributed by atoms with E-state index in [1.54, 1.807) is 18.6 Å². The lowest BCUT2D eigenvalue weighted by molar-refractivity contribution is 0.0907. The van der Waals surface area contributed by atoms with Crippen LogP contribution >= 0.6 is 0 Å². The van der Waals surface area contributed by atoms with E-state index in [-0.39, 0.29) is 18.3 Å². The maximum Gasteiger partial charge on any atom is 0.287 e. The Hall–Kier alpha value is -4.04. The lowest BCUT2D eigenvalue weighted by atomic mass is 10.1. The number of aliphatic hydroxyl groups excluding tert-OH is 1. The van der Waals surface area contributed by atoms with Gasteiger partial charge in [-0.05, 0) is 36.8 Å². The molecule has 154 valence electrons. The van der Waals surface area contributed by atoms with E-state index in [0.717, 1.165) is 33.2 Å². The summed E-state index contributed by atoms with van der Waals surface area (Å²) in [6.45, 7) is 1.76. The van der Waals surface area contributed by atoms with Crippen molar-refractivity contribution in [1.82, 2.24) is 30.0 Å². The Balaban J connectivity index is 1.47. The van der Waals surface area contributed by atoms with Crippen molar-refractivity contribution in [1.29, 1.82) is 0 Å². The highest BCUT2D eigenvalue weighted by molar-refractivity contribution is 5.98. The normalized spacial score (nSPS) is 12.3. The Morgan fingerprint density at radius 2 is 2.03 bits per heavy atom. The summed E-state index contributed by atoms with van der Waals surface area (Å²) in [4.78, 5) is 24.4. The van der Waals surface area contributed by atoms with Gasteiger partial charge in [0.15, 0.2) is 5.82 Å². The molecule has 0 saturated carbocycles. The zero-order chi connectivity index (χ0) is 21.4. The van der Waals surface area contributed by atoms with Gasteiger partial charge in [0.2, 0.25) is 0 Å². The molecule has 1 amide bonds. The van der Waals surface area contributed by atoms with Gasteiger partial charge >= 0.3 is 0 Å². The van der Waals surface area contributed by atoms with Crippen LogP contribution in [0.3, 0.4) is 0 Å². The zero-order valence-corrected chi connectivity index (χ0v) is 16.8. The number of aliphatic hydroxyl groups is 1. The molecular formula is C23H20N6O2. The molecule has 2 aromatic carbocycles. The van der Waals surface area contributed by atoms with Crippen molar-refractivity contribution < 1.29 is 9.90 Å². The van der Waals surface area contributed by atoms with E-state index < -0.39 is 6.04 Å². The molecule has 1 atom stereocenters. The molecule has 0 saturated heterocycles. The molecule has 5 aromatic rings. The standard InChI is InChI=1S/C23H20N6O2/c1-14-3-2-4-15(9-14)20(13-30)28-23(31)22-26-18-10-16-12-25-29(17-5-7-24-8-6-17)21(16)11-19(18)27-22/h2-12,20,30H,13H2,1H3,(H,26,27)(H,28,31). The molecule has 8 nitrogen and oxygen atoms in total. The Morgan fingerprint density at radius 1 is 1.19 bits per heavy atom. The van der Waals surface area contributed by atoms with Crippen molar-refractivity contribution in [3.8, 4) is 5.69 Å². The van der Waals surface area contributed by atoms with Crippen LogP contribution in [0.1, 0.15) is 27.8 Å². The van der Waals surface area contributed by atoms with E-state index in [2.05, 4.69) is 25.4 Å². The average molecular weight is 412 g/mol. The third-order valence-corrected chi connectivity index (χ3v) is 5.23. The average Bonchev–Trinajstić information content (AvgIpc) is 3.39. The van der Waals surface area contributed by atoms with Crippen molar-refractivity contribution in [3.05, 3.63) is 84.1 Å². The van der Waals surface area contributed by atoms with Crippen LogP contribution < -0.4 is 5.32 Å². The van der Waals surface area contributed by atoms with Gasteiger partial charge in [-0.15, -0.1) is 0 Å². The molecule has 0 aliphatic rings. The van der Waals surface area contributed by atoms with E-state index in [9.17, 15) is 9.90 Å². The fourth-order valence-corrected chi connectivity index (χ4v) is 3.68. The lowest BCUT2D eigenvalue weighted by Crippen LogP contribution is -2.31. The molecule has 0 aliphatic heterocycles. The second-order valence-corrected chi connectivity index (χ2v) is 7.40. The third kappa shape index (κ3) is 3.53. The number of nitrogens with zero attached hydrogens (tertiary/aromatic N) is 4. The Labute approximate surface area is 177 Å². The van der Waals surface area contributed by atoms with E-state index in [1.807, 2.05) is 60.1 Å². The van der Waals surface area contributed by atoms with Crippen LogP contribution in [0.4, 0.5) is 0 Å². The minimum atomic E-state index is -0.514. The fourth-order valence-electron chi connectivity index (χ4n) is 3.68. The minimum Gasteiger partial charge on any atom is -0.394 e. The number of H-pyrrole nitrogens is 1. The first-order chi connectivity index (χ1) is 15.1. The highest BCUT2D eigenvalue weighted by Gasteiger charge is 2.19. The summed E-state index contributed by atoms with van der Waals surface area (Å²) in [7, 11) is 0. The quantitative estimate of drug-likeness (QED) is 0.411. The number of rotatable bonds is 5. The number of benzene rings is 2. The highest BCUT2D eigenvalue weighted by atomic mass is 16.3. The number of imidazole rings is 1. The number of carbonyl (C=O) groups is 1. The van der Waals surface area contributed by atoms with Gasteiger partial charge in [0.05, 0.1) is 41.1 Å². The molecule has 0 bridgehead atoms. The van der Waals surface area contributed by atoms with E-state index in [0.29, 0.717) is 5.52 Å². The van der Waals surface area contributed by atoms with Gasteiger partial charge < -0.3 is 15.4 Å². The Bertz CT molecular complexity index is 1390. The summed E-state index contributed by atoms with van der Waals surface area (Å²) in [6, 6.07) is 14.8. The topological polar surface area (TPSA) is 109 Å². The van der Waals surface area contributed by atoms with Crippen molar-refractivity contribution in [2.75, 3.05) is 6.61 Å². The first kappa shape index (κ1) is 19.0. The van der Waals surface area contributed by atoms with Gasteiger partial charge in [-0.2, -0.15) is 5.10 Å². The van der Waals surface area contributed by atoms with Crippen molar-refractivity contribution in [2.24, 2.45) is 0 Å². The fraction of sp³-hybridized carbons (Fsp3) is 0.130. The van der Waals surface area contributed by atoms with Crippen LogP contribution in [0, 0.1) is 6.92 Å². The Kier molecular flexibility index (Phi) is 4.68. The van der Waals surface area contributed by atoms with E-state index in [4.69, 9.17) is 0 Å². The van der Waals surface area contributed by atoms with Crippen LogP contribution in [0.25, 0.3) is 27.6 Å². The number of aryl methyl sites for hydroxylation is 1. The maximum absolute atomic E-state index is 12.8. The van der Waals surface area contributed by atoms with Crippen LogP contribution in [-0.4, -0.2) is 42.4 Å². The summed E-state index contributed by atoms with van der Waals surface area (Å²) < 4.78 is 1.82. The van der Waals surface area contributed by atoms with Gasteiger partial charge in [-0.1, -0.05) is 29.8 Å². The second-order valence-electron chi connectivity index (χ2n) is 7.40. The summed E-state index contributed by atoms with van der Waals surface area (Å²) in [5, 5.41) is 18.0. The Morgan fingerprint density at radius 3 is 2.81 bits per heavy atom. The van der Waals surface area contributed by atoms with Gasteiger partial charge in [0.1, 0.15) is 0 Å². The number of hydrogen-bond acceptors (Lipinski definition) is 5. The SMILES string of the molecule is Cc1cccc(C(CO)NC(=O)c2nc3cc4cnn(-c5ccncc5)c4cc3[nH]2)c1. The molecule has 3 aromatic heterocycles. The molecule has 0 radical (unpaired) electrons. The number of hydrogen-bond donors (Lipinski definition) is 3. The molecule has 8 heteroatoms. The van der Waals surface area contributed by atoms with E-state index in [1.165, 1.54) is 0 Å². The molecular weight excluding hydrogens is 392 g/mol. The number of fused-ring (bicyclic) bond motifs is 2. The molecule has 0 spiro atoms. The van der Waals surface area contributed by atoms with E-state index >= 15 is 0 Å². The van der Waals surface area contributed by atoms with Crippen molar-refractivity contribution in [3.63, 3.8) is 0 Å². The molecule has 5 rings (SSSR count). The first-order valence-electron chi connectivity index (χ1n) is 9.88. The van der Waals surface area contributed by atoms with Crippen LogP contribution in [-0.2, 0) is 0 Å². The van der Waals surface area contributed by atoms with Gasteiger partial charge in [-0.3, -0.25) is 9.78 Å². The van der Waals surface area contributed by atoms with Crippen molar-refractivity contribution in [2.45, 2.75) is 13.0 Å². The molecule has 1 unspecified atom stereocenters. The monoisotopic (exact) mass is 412 g/mol. The van der Waals surface area contributed by atoms with Gasteiger partial charge in [0.25, 0.3) is 5.91 Å². The van der Waals surface area contributed by atoms with Crippen LogP contribution in [0.5, 0.6) is 0 Å². The number of carbonyl (C=O) groups excluding carboxylic acids is 1. The zero-order valence-electron chi connectivity index (χ0n) is 16.8. The number of amides is 1. The minimum absolute atomic E-state index is 0.192. The molecule has 0 fully saturated rings. The smallest absolute Gasteiger partial charge is 0.287 e. The number of aromatic amines is 1. The first-order valence-corrected chi connectivity index (χ1v) is 9.88. The molecule has 3 N–H and O–H groups in total. The molecule has 31 heavy (non-hydrogen) atoms. The predicted molar refractivity (Wildman–Crippen MR) is 117 cm³/mol. The number of nitrogens with one attached hydrogen (secondary N) is 2. The molecule has 3 heterocycles. The summed E-state index contributed by atoms with van der Waals surface area (Å²) in [5.41, 5.74) is 5.08. The van der Waals surface area contributed by atoms with Crippen LogP contribution in [0.2, 0.25) is 0 Å². The lowest BCUT2D eigenvalue weighted by Gasteiger charge is -2.16. The van der Waals surface area contributed by atoms with Crippen molar-refractivity contribution >= 4 is 27.8 Å². The third-order valence-electron chi connectivity index (χ3n) is 5.23. The van der Waals surface area contributed by atoms with Crippen LogP contribution in [0.15, 0.2) is 67.1 Å². The maximum atomic E-state index is 12.8. The second kappa shape index (κ2) is 7.66. The number of pyridine rings is 1.